The zero-order valence-corrected chi connectivity index (χ0v) is 10.2. The molecule has 0 aliphatic heterocycles. The SMILES string of the molecule is C1=Cc2ccccc2C1.c1ccn2cccc2c1. The van der Waals surface area contributed by atoms with Gasteiger partial charge >= 0.3 is 0 Å². The minimum atomic E-state index is 1.12. The van der Waals surface area contributed by atoms with Gasteiger partial charge in [-0.1, -0.05) is 42.5 Å². The first-order valence-corrected chi connectivity index (χ1v) is 6.20. The van der Waals surface area contributed by atoms with Gasteiger partial charge in [-0.15, -0.1) is 0 Å². The highest BCUT2D eigenvalue weighted by molar-refractivity contribution is 5.59. The average molecular weight is 233 g/mol. The fourth-order valence-electron chi connectivity index (χ4n) is 2.18. The van der Waals surface area contributed by atoms with Gasteiger partial charge in [0.1, 0.15) is 0 Å². The van der Waals surface area contributed by atoms with Crippen molar-refractivity contribution in [3.8, 4) is 0 Å². The second-order valence-corrected chi connectivity index (χ2v) is 4.35. The Hall–Kier alpha value is -2.28. The maximum absolute atomic E-state index is 2.20. The van der Waals surface area contributed by atoms with E-state index in [0.29, 0.717) is 0 Å². The van der Waals surface area contributed by atoms with Gasteiger partial charge in [-0.05, 0) is 41.8 Å². The molecule has 2 heterocycles. The standard InChI is InChI=1S/C9H8.C8H7N/c1-2-5-9-7-3-6-8(9)4-1;1-2-6-9-7-3-5-8(9)4-1/h1-6H,7H2;1-7H. The molecule has 0 bridgehead atoms. The fraction of sp³-hybridized carbons (Fsp3) is 0.0588. The Kier molecular flexibility index (Phi) is 2.97. The second-order valence-electron chi connectivity index (χ2n) is 4.35. The van der Waals surface area contributed by atoms with Gasteiger partial charge < -0.3 is 4.40 Å². The Balaban J connectivity index is 0.000000111. The van der Waals surface area contributed by atoms with Gasteiger partial charge in [0.25, 0.3) is 0 Å². The number of nitrogens with zero attached hydrogens (tertiary/aromatic N) is 1. The predicted molar refractivity (Wildman–Crippen MR) is 76.6 cm³/mol. The molecule has 0 atom stereocenters. The van der Waals surface area contributed by atoms with Crippen LogP contribution in [0.2, 0.25) is 0 Å². The Labute approximate surface area is 107 Å². The van der Waals surface area contributed by atoms with E-state index in [2.05, 4.69) is 53.0 Å². The molecule has 0 saturated carbocycles. The van der Waals surface area contributed by atoms with E-state index >= 15 is 0 Å². The molecule has 0 fully saturated rings. The van der Waals surface area contributed by atoms with Gasteiger partial charge in [-0.3, -0.25) is 0 Å². The third-order valence-corrected chi connectivity index (χ3v) is 3.13. The Morgan fingerprint density at radius 1 is 0.778 bits per heavy atom. The van der Waals surface area contributed by atoms with Crippen molar-refractivity contribution < 1.29 is 0 Å². The number of benzene rings is 1. The number of allylic oxidation sites excluding steroid dienone is 1. The molecule has 1 aromatic carbocycles. The lowest BCUT2D eigenvalue weighted by Crippen LogP contribution is -1.76. The molecule has 1 aliphatic carbocycles. The van der Waals surface area contributed by atoms with Crippen LogP contribution in [0.1, 0.15) is 11.1 Å². The predicted octanol–water partition coefficient (Wildman–Crippen LogP) is 4.20. The minimum absolute atomic E-state index is 1.12. The first-order valence-electron chi connectivity index (χ1n) is 6.20. The number of hydrogen-bond donors (Lipinski definition) is 0. The molecule has 4 rings (SSSR count). The summed E-state index contributed by atoms with van der Waals surface area (Å²) in [7, 11) is 0. The molecule has 3 aromatic rings. The van der Waals surface area contributed by atoms with Crippen molar-refractivity contribution >= 4 is 11.6 Å². The zero-order valence-electron chi connectivity index (χ0n) is 10.2. The molecule has 88 valence electrons. The topological polar surface area (TPSA) is 4.41 Å². The van der Waals surface area contributed by atoms with Crippen LogP contribution in [0.4, 0.5) is 0 Å². The lowest BCUT2D eigenvalue weighted by molar-refractivity contribution is 1.20. The second kappa shape index (κ2) is 4.92. The third-order valence-electron chi connectivity index (χ3n) is 3.13. The van der Waals surface area contributed by atoms with Gasteiger partial charge in [0.15, 0.2) is 0 Å². The molecule has 0 spiro atoms. The molecule has 0 amide bonds. The van der Waals surface area contributed by atoms with Crippen molar-refractivity contribution in [2.45, 2.75) is 6.42 Å². The molecule has 1 nitrogen and oxygen atoms in total. The largest absolute Gasteiger partial charge is 0.324 e. The highest BCUT2D eigenvalue weighted by Gasteiger charge is 2.00. The molecule has 1 heteroatoms. The highest BCUT2D eigenvalue weighted by Crippen LogP contribution is 2.17. The van der Waals surface area contributed by atoms with Crippen LogP contribution in [0.15, 0.2) is 73.1 Å². The lowest BCUT2D eigenvalue weighted by Gasteiger charge is -1.93. The average Bonchev–Trinajstić information content (AvgIpc) is 3.08. The molecule has 0 radical (unpaired) electrons. The van der Waals surface area contributed by atoms with E-state index in [9.17, 15) is 0 Å². The van der Waals surface area contributed by atoms with Crippen LogP contribution in [-0.4, -0.2) is 4.40 Å². The summed E-state index contributed by atoms with van der Waals surface area (Å²) in [4.78, 5) is 0. The fourth-order valence-corrected chi connectivity index (χ4v) is 2.18. The summed E-state index contributed by atoms with van der Waals surface area (Å²) in [6.07, 6.45) is 9.57. The molecule has 0 saturated heterocycles. The van der Waals surface area contributed by atoms with Crippen molar-refractivity contribution in [2.75, 3.05) is 0 Å². The van der Waals surface area contributed by atoms with Crippen LogP contribution in [0.3, 0.4) is 0 Å². The summed E-state index contributed by atoms with van der Waals surface area (Å²) in [5, 5.41) is 0. The Morgan fingerprint density at radius 3 is 2.44 bits per heavy atom. The van der Waals surface area contributed by atoms with E-state index < -0.39 is 0 Å². The first-order chi connectivity index (χ1) is 8.93. The van der Waals surface area contributed by atoms with Crippen LogP contribution in [-0.2, 0) is 6.42 Å². The number of rotatable bonds is 0. The summed E-state index contributed by atoms with van der Waals surface area (Å²) in [6, 6.07) is 18.8. The number of pyridine rings is 1. The minimum Gasteiger partial charge on any atom is -0.324 e. The van der Waals surface area contributed by atoms with E-state index in [1.807, 2.05) is 30.6 Å². The van der Waals surface area contributed by atoms with E-state index in [0.717, 1.165) is 6.42 Å². The zero-order chi connectivity index (χ0) is 12.2. The summed E-state index contributed by atoms with van der Waals surface area (Å²) in [6.45, 7) is 0. The van der Waals surface area contributed by atoms with Gasteiger partial charge in [-0.2, -0.15) is 0 Å². The molecular formula is C17H15N. The number of aromatic nitrogens is 1. The van der Waals surface area contributed by atoms with Gasteiger partial charge in [0.2, 0.25) is 0 Å². The van der Waals surface area contributed by atoms with E-state index in [1.54, 1.807) is 0 Å². The highest BCUT2D eigenvalue weighted by atomic mass is 14.8. The quantitative estimate of drug-likeness (QED) is 0.548. The van der Waals surface area contributed by atoms with Crippen molar-refractivity contribution in [1.29, 1.82) is 0 Å². The monoisotopic (exact) mass is 233 g/mol. The van der Waals surface area contributed by atoms with Crippen LogP contribution >= 0.6 is 0 Å². The van der Waals surface area contributed by atoms with Crippen LogP contribution in [0.25, 0.3) is 11.6 Å². The third kappa shape index (κ3) is 2.21. The van der Waals surface area contributed by atoms with Crippen molar-refractivity contribution in [3.63, 3.8) is 0 Å². The molecule has 2 aromatic heterocycles. The smallest absolute Gasteiger partial charge is 0.0449 e. The Morgan fingerprint density at radius 2 is 1.56 bits per heavy atom. The van der Waals surface area contributed by atoms with Gasteiger partial charge in [-0.25, -0.2) is 0 Å². The van der Waals surface area contributed by atoms with Crippen LogP contribution < -0.4 is 0 Å². The Bertz CT molecular complexity index is 646. The molecule has 1 aliphatic rings. The lowest BCUT2D eigenvalue weighted by atomic mass is 10.1. The summed E-state index contributed by atoms with van der Waals surface area (Å²) < 4.78 is 2.08. The van der Waals surface area contributed by atoms with Crippen LogP contribution in [0.5, 0.6) is 0 Å². The number of fused-ring (bicyclic) bond motifs is 2. The maximum atomic E-state index is 2.20. The summed E-state index contributed by atoms with van der Waals surface area (Å²) in [5.74, 6) is 0. The van der Waals surface area contributed by atoms with Crippen molar-refractivity contribution in [2.24, 2.45) is 0 Å². The molecule has 0 unspecified atom stereocenters. The van der Waals surface area contributed by atoms with Gasteiger partial charge in [0.05, 0.1) is 0 Å². The molecular weight excluding hydrogens is 218 g/mol. The van der Waals surface area contributed by atoms with Crippen molar-refractivity contribution in [1.82, 2.24) is 4.40 Å². The molecule has 18 heavy (non-hydrogen) atoms. The van der Waals surface area contributed by atoms with Crippen LogP contribution in [0, 0.1) is 0 Å². The summed E-state index contributed by atoms with van der Waals surface area (Å²) >= 11 is 0. The normalized spacial score (nSPS) is 12.0. The van der Waals surface area contributed by atoms with E-state index in [-0.39, 0.29) is 0 Å². The van der Waals surface area contributed by atoms with E-state index in [1.165, 1.54) is 16.6 Å². The van der Waals surface area contributed by atoms with E-state index in [4.69, 9.17) is 0 Å². The van der Waals surface area contributed by atoms with Crippen molar-refractivity contribution in [3.05, 3.63) is 84.2 Å². The number of hydrogen-bond acceptors (Lipinski definition) is 0. The summed E-state index contributed by atoms with van der Waals surface area (Å²) in [5.41, 5.74) is 4.09. The molecule has 0 N–H and O–H groups in total. The first kappa shape index (κ1) is 10.8. The van der Waals surface area contributed by atoms with Gasteiger partial charge in [0, 0.05) is 17.9 Å². The maximum Gasteiger partial charge on any atom is 0.0449 e.